The van der Waals surface area contributed by atoms with E-state index in [1.54, 1.807) is 4.90 Å². The van der Waals surface area contributed by atoms with Crippen molar-refractivity contribution in [2.75, 3.05) is 25.0 Å². The fraction of sp³-hybridized carbons (Fsp3) is 0.368. The molecular weight excluding hydrogens is 321 g/mol. The number of aromatic nitrogens is 1. The van der Waals surface area contributed by atoms with Gasteiger partial charge in [-0.1, -0.05) is 30.3 Å². The molecule has 25 heavy (non-hydrogen) atoms. The minimum atomic E-state index is -0.495. The minimum Gasteiger partial charge on any atom is -0.396 e. The molecule has 2 heterocycles. The summed E-state index contributed by atoms with van der Waals surface area (Å²) in [5, 5.41) is 12.7. The van der Waals surface area contributed by atoms with E-state index in [9.17, 15) is 14.3 Å². The Morgan fingerprint density at radius 1 is 1.32 bits per heavy atom. The highest BCUT2D eigenvalue weighted by Gasteiger charge is 2.37. The van der Waals surface area contributed by atoms with E-state index < -0.39 is 5.82 Å². The third-order valence-corrected chi connectivity index (χ3v) is 4.66. The molecule has 1 fully saturated rings. The molecule has 0 radical (unpaired) electrons. The monoisotopic (exact) mass is 343 g/mol. The van der Waals surface area contributed by atoms with Gasteiger partial charge in [0.15, 0.2) is 0 Å². The Labute approximate surface area is 146 Å². The van der Waals surface area contributed by atoms with Crippen molar-refractivity contribution in [2.45, 2.75) is 19.3 Å². The van der Waals surface area contributed by atoms with Gasteiger partial charge in [-0.05, 0) is 24.8 Å². The Morgan fingerprint density at radius 2 is 2.12 bits per heavy atom. The number of nitrogens with one attached hydrogen (secondary N) is 1. The van der Waals surface area contributed by atoms with Gasteiger partial charge < -0.3 is 15.3 Å². The van der Waals surface area contributed by atoms with Gasteiger partial charge in [0.2, 0.25) is 0 Å². The van der Waals surface area contributed by atoms with Crippen LogP contribution in [0.2, 0.25) is 0 Å². The number of hydrogen-bond acceptors (Lipinski definition) is 3. The maximum Gasteiger partial charge on any atom is 0.321 e. The molecule has 0 saturated carbocycles. The number of carbonyl (C=O) groups is 1. The van der Waals surface area contributed by atoms with Crippen LogP contribution in [0.25, 0.3) is 0 Å². The number of nitrogens with zero attached hydrogens (tertiary/aromatic N) is 2. The Morgan fingerprint density at radius 3 is 2.84 bits per heavy atom. The molecule has 1 aromatic carbocycles. The standard InChI is InChI=1S/C19H22FN3O2/c20-16-9-17(12-21-11-16)22-18(25)23-8-4-7-19(13-23,14-24)10-15-5-2-1-3-6-15/h1-3,5-6,9,11-12,24H,4,7-8,10,13-14H2,(H,22,25). The summed E-state index contributed by atoms with van der Waals surface area (Å²) in [6.45, 7) is 1.10. The number of piperidine rings is 1. The summed E-state index contributed by atoms with van der Waals surface area (Å²) in [5.41, 5.74) is 1.12. The predicted octanol–water partition coefficient (Wildman–Crippen LogP) is 3.07. The molecule has 2 amide bonds. The molecule has 1 aliphatic rings. The molecular formula is C19H22FN3O2. The molecule has 2 aromatic rings. The SMILES string of the molecule is O=C(Nc1cncc(F)c1)N1CCCC(CO)(Cc2ccccc2)C1. The van der Waals surface area contributed by atoms with Crippen LogP contribution in [0.1, 0.15) is 18.4 Å². The van der Waals surface area contributed by atoms with Crippen LogP contribution in [0.5, 0.6) is 0 Å². The maximum atomic E-state index is 13.2. The van der Waals surface area contributed by atoms with Crippen molar-refractivity contribution in [2.24, 2.45) is 5.41 Å². The van der Waals surface area contributed by atoms with Crippen molar-refractivity contribution >= 4 is 11.7 Å². The van der Waals surface area contributed by atoms with E-state index in [-0.39, 0.29) is 18.1 Å². The van der Waals surface area contributed by atoms with E-state index >= 15 is 0 Å². The summed E-state index contributed by atoms with van der Waals surface area (Å²) in [4.78, 5) is 17.9. The summed E-state index contributed by atoms with van der Waals surface area (Å²) >= 11 is 0. The number of pyridine rings is 1. The molecule has 132 valence electrons. The van der Waals surface area contributed by atoms with Gasteiger partial charge in [-0.3, -0.25) is 4.98 Å². The third-order valence-electron chi connectivity index (χ3n) is 4.66. The fourth-order valence-electron chi connectivity index (χ4n) is 3.42. The van der Waals surface area contributed by atoms with Crippen molar-refractivity contribution in [3.8, 4) is 0 Å². The van der Waals surface area contributed by atoms with Gasteiger partial charge in [-0.25, -0.2) is 9.18 Å². The largest absolute Gasteiger partial charge is 0.396 e. The number of amides is 2. The predicted molar refractivity (Wildman–Crippen MR) is 93.7 cm³/mol. The van der Waals surface area contributed by atoms with Crippen molar-refractivity contribution in [3.05, 3.63) is 60.2 Å². The molecule has 5 nitrogen and oxygen atoms in total. The molecule has 6 heteroatoms. The van der Waals surface area contributed by atoms with Crippen LogP contribution in [0.4, 0.5) is 14.9 Å². The normalized spacial score (nSPS) is 20.3. The number of aliphatic hydroxyl groups excluding tert-OH is 1. The van der Waals surface area contributed by atoms with Gasteiger partial charge in [-0.15, -0.1) is 0 Å². The first-order valence-electron chi connectivity index (χ1n) is 8.41. The van der Waals surface area contributed by atoms with E-state index in [0.29, 0.717) is 18.8 Å². The quantitative estimate of drug-likeness (QED) is 0.897. The number of anilines is 1. The first-order chi connectivity index (χ1) is 12.1. The molecule has 3 rings (SSSR count). The molecule has 1 aromatic heterocycles. The minimum absolute atomic E-state index is 0.0210. The molecule has 2 N–H and O–H groups in total. The average Bonchev–Trinajstić information content (AvgIpc) is 2.63. The van der Waals surface area contributed by atoms with Gasteiger partial charge in [0, 0.05) is 24.6 Å². The van der Waals surface area contributed by atoms with Crippen LogP contribution in [0.3, 0.4) is 0 Å². The summed E-state index contributed by atoms with van der Waals surface area (Å²) in [5.74, 6) is -0.495. The first kappa shape index (κ1) is 17.4. The Hall–Kier alpha value is -2.47. The van der Waals surface area contributed by atoms with Crippen LogP contribution in [0.15, 0.2) is 48.8 Å². The van der Waals surface area contributed by atoms with E-state index in [1.165, 1.54) is 12.3 Å². The lowest BCUT2D eigenvalue weighted by Crippen LogP contribution is -2.50. The van der Waals surface area contributed by atoms with Gasteiger partial charge in [0.25, 0.3) is 0 Å². The van der Waals surface area contributed by atoms with Crippen LogP contribution in [0, 0.1) is 11.2 Å². The Balaban J connectivity index is 1.69. The van der Waals surface area contributed by atoms with Crippen LogP contribution in [-0.4, -0.2) is 40.7 Å². The van der Waals surface area contributed by atoms with Gasteiger partial charge in [0.1, 0.15) is 5.82 Å². The summed E-state index contributed by atoms with van der Waals surface area (Å²) in [7, 11) is 0. The van der Waals surface area contributed by atoms with Crippen molar-refractivity contribution in [1.29, 1.82) is 0 Å². The zero-order valence-electron chi connectivity index (χ0n) is 14.0. The second-order valence-electron chi connectivity index (χ2n) is 6.67. The maximum absolute atomic E-state index is 13.2. The lowest BCUT2D eigenvalue weighted by Gasteiger charge is -2.42. The molecule has 0 bridgehead atoms. The Bertz CT molecular complexity index is 726. The van der Waals surface area contributed by atoms with Crippen molar-refractivity contribution in [3.63, 3.8) is 0 Å². The summed E-state index contributed by atoms with van der Waals surface area (Å²) in [6, 6.07) is 10.9. The van der Waals surface area contributed by atoms with Gasteiger partial charge in [-0.2, -0.15) is 0 Å². The highest BCUT2D eigenvalue weighted by atomic mass is 19.1. The molecule has 0 spiro atoms. The van der Waals surface area contributed by atoms with Crippen LogP contribution >= 0.6 is 0 Å². The number of rotatable bonds is 4. The molecule has 1 unspecified atom stereocenters. The number of halogens is 1. The number of likely N-dealkylation sites (tertiary alicyclic amines) is 1. The number of aliphatic hydroxyl groups is 1. The highest BCUT2D eigenvalue weighted by Crippen LogP contribution is 2.33. The molecule has 1 saturated heterocycles. The number of urea groups is 1. The lowest BCUT2D eigenvalue weighted by atomic mass is 9.76. The zero-order chi connectivity index (χ0) is 17.7. The Kier molecular flexibility index (Phi) is 5.28. The zero-order valence-corrected chi connectivity index (χ0v) is 14.0. The first-order valence-corrected chi connectivity index (χ1v) is 8.41. The van der Waals surface area contributed by atoms with Crippen LogP contribution < -0.4 is 5.32 Å². The van der Waals surface area contributed by atoms with Crippen molar-refractivity contribution < 1.29 is 14.3 Å². The second-order valence-corrected chi connectivity index (χ2v) is 6.67. The number of benzene rings is 1. The average molecular weight is 343 g/mol. The van der Waals surface area contributed by atoms with E-state index in [4.69, 9.17) is 0 Å². The number of hydrogen-bond donors (Lipinski definition) is 2. The summed E-state index contributed by atoms with van der Waals surface area (Å²) < 4.78 is 13.2. The summed E-state index contributed by atoms with van der Waals surface area (Å²) in [6.07, 6.45) is 4.91. The molecule has 1 aliphatic heterocycles. The van der Waals surface area contributed by atoms with E-state index in [2.05, 4.69) is 10.3 Å². The number of carbonyl (C=O) groups excluding carboxylic acids is 1. The van der Waals surface area contributed by atoms with E-state index in [0.717, 1.165) is 31.0 Å². The van der Waals surface area contributed by atoms with Gasteiger partial charge in [0.05, 0.1) is 24.7 Å². The third kappa shape index (κ3) is 4.33. The van der Waals surface area contributed by atoms with E-state index in [1.807, 2.05) is 30.3 Å². The molecule has 0 aliphatic carbocycles. The lowest BCUT2D eigenvalue weighted by molar-refractivity contribution is 0.0500. The van der Waals surface area contributed by atoms with Crippen molar-refractivity contribution in [1.82, 2.24) is 9.88 Å². The molecule has 1 atom stereocenters. The fourth-order valence-corrected chi connectivity index (χ4v) is 3.42. The smallest absolute Gasteiger partial charge is 0.321 e. The topological polar surface area (TPSA) is 65.5 Å². The van der Waals surface area contributed by atoms with Gasteiger partial charge >= 0.3 is 6.03 Å². The van der Waals surface area contributed by atoms with Crippen LogP contribution in [-0.2, 0) is 6.42 Å². The highest BCUT2D eigenvalue weighted by molar-refractivity contribution is 5.89. The second kappa shape index (κ2) is 7.61.